The Labute approximate surface area is 124 Å². The molecule has 1 aromatic carbocycles. The Morgan fingerprint density at radius 1 is 1.29 bits per heavy atom. The normalized spacial score (nSPS) is 17.0. The predicted octanol–water partition coefficient (Wildman–Crippen LogP) is 2.30. The number of nitrogens with one attached hydrogen (secondary N) is 1. The molecule has 0 aliphatic carbocycles. The number of benzene rings is 1. The average molecular weight is 283 g/mol. The molecule has 0 spiro atoms. The lowest BCUT2D eigenvalue weighted by Gasteiger charge is -2.24. The average Bonchev–Trinajstić information content (AvgIpc) is 2.77. The van der Waals surface area contributed by atoms with Crippen LogP contribution in [-0.4, -0.2) is 15.6 Å². The van der Waals surface area contributed by atoms with Crippen molar-refractivity contribution in [3.8, 4) is 0 Å². The van der Waals surface area contributed by atoms with Gasteiger partial charge in [0.15, 0.2) is 0 Å². The summed E-state index contributed by atoms with van der Waals surface area (Å²) in [5.41, 5.74) is 12.5. The molecule has 5 heteroatoms. The summed E-state index contributed by atoms with van der Waals surface area (Å²) in [7, 11) is 0. The SMILES string of the molecule is CCCc1nc(C)c2n1NC(N)=NC2Cc1ccccc1. The third-order valence-electron chi connectivity index (χ3n) is 3.75. The molecule has 21 heavy (non-hydrogen) atoms. The van der Waals surface area contributed by atoms with Crippen LogP contribution in [0.5, 0.6) is 0 Å². The largest absolute Gasteiger partial charge is 0.369 e. The smallest absolute Gasteiger partial charge is 0.208 e. The highest BCUT2D eigenvalue weighted by Crippen LogP contribution is 2.28. The van der Waals surface area contributed by atoms with Crippen molar-refractivity contribution in [2.24, 2.45) is 10.7 Å². The number of guanidine groups is 1. The molecular formula is C16H21N5. The Bertz CT molecular complexity index is 657. The summed E-state index contributed by atoms with van der Waals surface area (Å²) < 4.78 is 2.02. The molecule has 1 aliphatic rings. The first-order valence-electron chi connectivity index (χ1n) is 7.41. The Kier molecular flexibility index (Phi) is 3.64. The fourth-order valence-corrected chi connectivity index (χ4v) is 2.86. The van der Waals surface area contributed by atoms with Gasteiger partial charge in [-0.25, -0.2) is 14.7 Å². The highest BCUT2D eigenvalue weighted by Gasteiger charge is 2.26. The third kappa shape index (κ3) is 2.63. The van der Waals surface area contributed by atoms with Gasteiger partial charge in [-0.3, -0.25) is 5.43 Å². The van der Waals surface area contributed by atoms with E-state index in [1.807, 2.05) is 17.7 Å². The first-order valence-corrected chi connectivity index (χ1v) is 7.41. The topological polar surface area (TPSA) is 68.2 Å². The summed E-state index contributed by atoms with van der Waals surface area (Å²) in [6, 6.07) is 10.4. The molecule has 3 N–H and O–H groups in total. The molecule has 1 atom stereocenters. The molecular weight excluding hydrogens is 262 g/mol. The van der Waals surface area contributed by atoms with Crippen LogP contribution < -0.4 is 11.2 Å². The molecule has 3 rings (SSSR count). The molecule has 0 saturated carbocycles. The monoisotopic (exact) mass is 283 g/mol. The highest BCUT2D eigenvalue weighted by molar-refractivity contribution is 5.86. The van der Waals surface area contributed by atoms with Crippen LogP contribution in [0.1, 0.15) is 42.2 Å². The van der Waals surface area contributed by atoms with Crippen molar-refractivity contribution < 1.29 is 0 Å². The molecule has 0 amide bonds. The Morgan fingerprint density at radius 3 is 2.76 bits per heavy atom. The summed E-state index contributed by atoms with van der Waals surface area (Å²) in [5.74, 6) is 1.49. The quantitative estimate of drug-likeness (QED) is 0.904. The van der Waals surface area contributed by atoms with E-state index in [1.54, 1.807) is 0 Å². The summed E-state index contributed by atoms with van der Waals surface area (Å²) in [4.78, 5) is 9.26. The second-order valence-electron chi connectivity index (χ2n) is 5.42. The Balaban J connectivity index is 1.97. The van der Waals surface area contributed by atoms with E-state index < -0.39 is 0 Å². The van der Waals surface area contributed by atoms with Crippen LogP contribution in [0.15, 0.2) is 35.3 Å². The van der Waals surface area contributed by atoms with E-state index in [0.717, 1.165) is 36.5 Å². The summed E-state index contributed by atoms with van der Waals surface area (Å²) in [6.07, 6.45) is 2.82. The molecule has 0 radical (unpaired) electrons. The fourth-order valence-electron chi connectivity index (χ4n) is 2.86. The summed E-state index contributed by atoms with van der Waals surface area (Å²) in [6.45, 7) is 4.19. The van der Waals surface area contributed by atoms with Gasteiger partial charge in [0.25, 0.3) is 0 Å². The lowest BCUT2D eigenvalue weighted by molar-refractivity contribution is 0.626. The molecule has 0 fully saturated rings. The van der Waals surface area contributed by atoms with Crippen molar-refractivity contribution in [1.29, 1.82) is 0 Å². The van der Waals surface area contributed by atoms with E-state index in [0.29, 0.717) is 5.96 Å². The van der Waals surface area contributed by atoms with E-state index >= 15 is 0 Å². The van der Waals surface area contributed by atoms with Gasteiger partial charge in [-0.2, -0.15) is 0 Å². The lowest BCUT2D eigenvalue weighted by Crippen LogP contribution is -2.37. The second-order valence-corrected chi connectivity index (χ2v) is 5.42. The van der Waals surface area contributed by atoms with Gasteiger partial charge < -0.3 is 5.73 Å². The fraction of sp³-hybridized carbons (Fsp3) is 0.375. The molecule has 110 valence electrons. The van der Waals surface area contributed by atoms with Crippen LogP contribution in [0.2, 0.25) is 0 Å². The van der Waals surface area contributed by atoms with E-state index in [2.05, 4.69) is 46.6 Å². The summed E-state index contributed by atoms with van der Waals surface area (Å²) in [5, 5.41) is 0. The van der Waals surface area contributed by atoms with Gasteiger partial charge >= 0.3 is 0 Å². The highest BCUT2D eigenvalue weighted by atomic mass is 15.5. The number of fused-ring (bicyclic) bond motifs is 1. The molecule has 0 saturated heterocycles. The zero-order valence-corrected chi connectivity index (χ0v) is 12.5. The van der Waals surface area contributed by atoms with Crippen LogP contribution in [0.3, 0.4) is 0 Å². The zero-order valence-electron chi connectivity index (χ0n) is 12.5. The van der Waals surface area contributed by atoms with Crippen molar-refractivity contribution in [1.82, 2.24) is 9.66 Å². The Morgan fingerprint density at radius 2 is 2.05 bits per heavy atom. The lowest BCUT2D eigenvalue weighted by atomic mass is 10.0. The van der Waals surface area contributed by atoms with Crippen LogP contribution >= 0.6 is 0 Å². The first-order chi connectivity index (χ1) is 10.2. The molecule has 1 aromatic heterocycles. The minimum absolute atomic E-state index is 0.0201. The van der Waals surface area contributed by atoms with E-state index in [4.69, 9.17) is 5.73 Å². The van der Waals surface area contributed by atoms with Gasteiger partial charge in [-0.15, -0.1) is 0 Å². The van der Waals surface area contributed by atoms with Gasteiger partial charge in [-0.1, -0.05) is 37.3 Å². The maximum Gasteiger partial charge on any atom is 0.208 e. The first kappa shape index (κ1) is 13.7. The van der Waals surface area contributed by atoms with Gasteiger partial charge in [-0.05, 0) is 18.9 Å². The van der Waals surface area contributed by atoms with E-state index in [9.17, 15) is 0 Å². The van der Waals surface area contributed by atoms with Crippen molar-refractivity contribution in [3.05, 3.63) is 53.1 Å². The van der Waals surface area contributed by atoms with Gasteiger partial charge in [0, 0.05) is 12.8 Å². The maximum absolute atomic E-state index is 5.96. The van der Waals surface area contributed by atoms with E-state index in [-0.39, 0.29) is 6.04 Å². The predicted molar refractivity (Wildman–Crippen MR) is 84.8 cm³/mol. The molecule has 1 aliphatic heterocycles. The standard InChI is InChI=1S/C16H21N5/c1-3-7-14-18-11(2)15-13(19-16(17)20-21(14)15)10-12-8-5-4-6-9-12/h4-6,8-9,13H,3,7,10H2,1-2H3,(H3,17,19,20). The molecule has 2 heterocycles. The third-order valence-corrected chi connectivity index (χ3v) is 3.75. The van der Waals surface area contributed by atoms with Crippen LogP contribution in [-0.2, 0) is 12.8 Å². The minimum Gasteiger partial charge on any atom is -0.369 e. The van der Waals surface area contributed by atoms with Crippen molar-refractivity contribution in [2.45, 2.75) is 39.2 Å². The van der Waals surface area contributed by atoms with Crippen molar-refractivity contribution in [3.63, 3.8) is 0 Å². The number of imidazole rings is 1. The summed E-state index contributed by atoms with van der Waals surface area (Å²) >= 11 is 0. The number of nitrogens with two attached hydrogens (primary N) is 1. The molecule has 5 nitrogen and oxygen atoms in total. The number of nitrogens with zero attached hydrogens (tertiary/aromatic N) is 3. The number of aryl methyl sites for hydroxylation is 2. The number of hydrogen-bond acceptors (Lipinski definition) is 4. The zero-order chi connectivity index (χ0) is 14.8. The number of hydrogen-bond donors (Lipinski definition) is 2. The molecule has 2 aromatic rings. The maximum atomic E-state index is 5.96. The number of aliphatic imine (C=N–C) groups is 1. The van der Waals surface area contributed by atoms with E-state index in [1.165, 1.54) is 5.56 Å². The van der Waals surface area contributed by atoms with Crippen molar-refractivity contribution in [2.75, 3.05) is 5.43 Å². The van der Waals surface area contributed by atoms with Crippen molar-refractivity contribution >= 4 is 5.96 Å². The van der Waals surface area contributed by atoms with Gasteiger partial charge in [0.05, 0.1) is 11.4 Å². The van der Waals surface area contributed by atoms with Crippen LogP contribution in [0.4, 0.5) is 0 Å². The molecule has 0 bridgehead atoms. The number of rotatable bonds is 4. The molecule has 1 unspecified atom stereocenters. The Hall–Kier alpha value is -2.30. The minimum atomic E-state index is 0.0201. The van der Waals surface area contributed by atoms with Gasteiger partial charge in [0.1, 0.15) is 11.9 Å². The van der Waals surface area contributed by atoms with Gasteiger partial charge in [0.2, 0.25) is 5.96 Å². The van der Waals surface area contributed by atoms with Crippen LogP contribution in [0, 0.1) is 6.92 Å². The van der Waals surface area contributed by atoms with Crippen LogP contribution in [0.25, 0.3) is 0 Å². The number of aromatic nitrogens is 2. The second kappa shape index (κ2) is 5.60.